The first kappa shape index (κ1) is 30.3. The molecule has 1 aliphatic carbocycles. The number of benzene rings is 2. The van der Waals surface area contributed by atoms with Gasteiger partial charge < -0.3 is 14.3 Å². The van der Waals surface area contributed by atoms with Crippen molar-refractivity contribution in [2.75, 3.05) is 6.61 Å². The fraction of sp³-hybridized carbons (Fsp3) is 0.545. The van der Waals surface area contributed by atoms with Crippen LogP contribution in [0.25, 0.3) is 0 Å². The van der Waals surface area contributed by atoms with Crippen LogP contribution in [0.2, 0.25) is 5.04 Å². The van der Waals surface area contributed by atoms with Gasteiger partial charge in [0.1, 0.15) is 6.10 Å². The summed E-state index contributed by atoms with van der Waals surface area (Å²) < 4.78 is 12.9. The van der Waals surface area contributed by atoms with Gasteiger partial charge in [0.05, 0.1) is 0 Å². The molecular weight excluding hydrogens is 488 g/mol. The summed E-state index contributed by atoms with van der Waals surface area (Å²) in [5.74, 6) is 0.315. The molecule has 5 heteroatoms. The number of aliphatic hydroxyl groups is 1. The highest BCUT2D eigenvalue weighted by molar-refractivity contribution is 6.99. The second-order valence-electron chi connectivity index (χ2n) is 12.4. The van der Waals surface area contributed by atoms with Gasteiger partial charge in [-0.3, -0.25) is 0 Å². The second-order valence-corrected chi connectivity index (χ2v) is 16.8. The summed E-state index contributed by atoms with van der Waals surface area (Å²) in [4.78, 5) is 13.1. The van der Waals surface area contributed by atoms with E-state index in [0.717, 1.165) is 19.3 Å². The topological polar surface area (TPSA) is 55.8 Å². The highest BCUT2D eigenvalue weighted by Crippen LogP contribution is 2.38. The molecule has 0 amide bonds. The zero-order valence-electron chi connectivity index (χ0n) is 24.2. The Bertz CT molecular complexity index is 975. The molecule has 0 radical (unpaired) electrons. The van der Waals surface area contributed by atoms with Gasteiger partial charge in [-0.1, -0.05) is 115 Å². The lowest BCUT2D eigenvalue weighted by molar-refractivity contribution is -0.168. The lowest BCUT2D eigenvalue weighted by Crippen LogP contribution is -2.66. The Morgan fingerprint density at radius 1 is 1.05 bits per heavy atom. The quantitative estimate of drug-likeness (QED) is 0.214. The van der Waals surface area contributed by atoms with E-state index in [0.29, 0.717) is 30.8 Å². The maximum atomic E-state index is 13.1. The van der Waals surface area contributed by atoms with Crippen molar-refractivity contribution in [2.24, 2.45) is 23.7 Å². The Morgan fingerprint density at radius 3 is 2.08 bits per heavy atom. The van der Waals surface area contributed by atoms with Gasteiger partial charge in [0.25, 0.3) is 8.32 Å². The molecule has 38 heavy (non-hydrogen) atoms. The number of hydrogen-bond donors (Lipinski definition) is 1. The van der Waals surface area contributed by atoms with E-state index in [4.69, 9.17) is 9.16 Å². The fourth-order valence-electron chi connectivity index (χ4n) is 6.16. The van der Waals surface area contributed by atoms with E-state index in [9.17, 15) is 9.90 Å². The van der Waals surface area contributed by atoms with Crippen LogP contribution in [0.1, 0.15) is 67.2 Å². The molecule has 3 rings (SSSR count). The number of carbonyl (C=O) groups excluding carboxylic acids is 1. The van der Waals surface area contributed by atoms with Gasteiger partial charge in [0.15, 0.2) is 6.10 Å². The van der Waals surface area contributed by atoms with Crippen LogP contribution in [0, 0.1) is 23.7 Å². The highest BCUT2D eigenvalue weighted by atomic mass is 28.4. The van der Waals surface area contributed by atoms with E-state index in [1.807, 2.05) is 12.1 Å². The minimum atomic E-state index is -2.69. The van der Waals surface area contributed by atoms with Crippen LogP contribution in [0.3, 0.4) is 0 Å². The van der Waals surface area contributed by atoms with Crippen molar-refractivity contribution in [1.82, 2.24) is 0 Å². The minimum absolute atomic E-state index is 0.138. The minimum Gasteiger partial charge on any atom is -0.460 e. The largest absolute Gasteiger partial charge is 0.460 e. The number of rotatable bonds is 11. The number of aliphatic hydroxyl groups excluding tert-OH is 1. The van der Waals surface area contributed by atoms with Crippen molar-refractivity contribution in [1.29, 1.82) is 0 Å². The average molecular weight is 537 g/mol. The zero-order valence-corrected chi connectivity index (χ0v) is 25.2. The van der Waals surface area contributed by atoms with Gasteiger partial charge in [0.2, 0.25) is 0 Å². The molecule has 0 heterocycles. The molecule has 4 nitrogen and oxygen atoms in total. The van der Waals surface area contributed by atoms with E-state index in [2.05, 4.69) is 96.7 Å². The van der Waals surface area contributed by atoms with E-state index in [1.54, 1.807) is 6.08 Å². The van der Waals surface area contributed by atoms with E-state index in [-0.39, 0.29) is 11.1 Å². The summed E-state index contributed by atoms with van der Waals surface area (Å²) in [7, 11) is -2.69. The Hall–Kier alpha value is -2.21. The molecule has 0 saturated heterocycles. The molecule has 0 aromatic heterocycles. The number of carbonyl (C=O) groups is 1. The summed E-state index contributed by atoms with van der Waals surface area (Å²) >= 11 is 0. The summed E-state index contributed by atoms with van der Waals surface area (Å²) in [6, 6.07) is 21.0. The van der Waals surface area contributed by atoms with Gasteiger partial charge in [-0.25, -0.2) is 4.79 Å². The molecule has 1 saturated carbocycles. The predicted molar refractivity (Wildman–Crippen MR) is 159 cm³/mol. The highest BCUT2D eigenvalue weighted by Gasteiger charge is 2.50. The van der Waals surface area contributed by atoms with Gasteiger partial charge in [-0.2, -0.15) is 0 Å². The summed E-state index contributed by atoms with van der Waals surface area (Å²) in [6.07, 6.45) is 3.85. The summed E-state index contributed by atoms with van der Waals surface area (Å²) in [5, 5.41) is 13.3. The lowest BCUT2D eigenvalue weighted by atomic mass is 9.75. The van der Waals surface area contributed by atoms with Crippen molar-refractivity contribution in [3.8, 4) is 0 Å². The van der Waals surface area contributed by atoms with Crippen LogP contribution in [0.15, 0.2) is 73.3 Å². The third kappa shape index (κ3) is 6.86. The molecule has 0 spiro atoms. The van der Waals surface area contributed by atoms with Crippen LogP contribution in [-0.4, -0.2) is 38.2 Å². The van der Waals surface area contributed by atoms with Crippen LogP contribution in [0.5, 0.6) is 0 Å². The average Bonchev–Trinajstić information content (AvgIpc) is 2.88. The van der Waals surface area contributed by atoms with E-state index < -0.39 is 26.3 Å². The monoisotopic (exact) mass is 536 g/mol. The van der Waals surface area contributed by atoms with Gasteiger partial charge in [0, 0.05) is 12.5 Å². The molecule has 2 aromatic rings. The molecule has 5 atom stereocenters. The third-order valence-electron chi connectivity index (χ3n) is 8.37. The summed E-state index contributed by atoms with van der Waals surface area (Å²) in [6.45, 7) is 17.7. The molecular formula is C33H48O4Si. The standard InChI is InChI=1S/C33H48O4Si/c1-8-26(31(34)32(35)37-30-23-25(4)19-20-29(30)24(2)3)21-22-36-38(33(5,6)7,27-15-11-9-12-16-27)28-17-13-10-14-18-28/h8-18,24-26,29-31,34H,1,19-23H2,2-7H3/t25-,26-,29+,30-,31+/m1/s1. The predicted octanol–water partition coefficient (Wildman–Crippen LogP) is 6.12. The van der Waals surface area contributed by atoms with E-state index >= 15 is 0 Å². The molecule has 2 aromatic carbocycles. The first-order valence-corrected chi connectivity index (χ1v) is 16.2. The molecule has 1 aliphatic rings. The third-order valence-corrected chi connectivity index (χ3v) is 13.4. The summed E-state index contributed by atoms with van der Waals surface area (Å²) in [5.41, 5.74) is 0. The smallest absolute Gasteiger partial charge is 0.335 e. The van der Waals surface area contributed by atoms with Crippen LogP contribution >= 0.6 is 0 Å². The van der Waals surface area contributed by atoms with Crippen molar-refractivity contribution >= 4 is 24.7 Å². The Morgan fingerprint density at radius 2 is 1.61 bits per heavy atom. The van der Waals surface area contributed by atoms with Gasteiger partial charge in [-0.15, -0.1) is 6.58 Å². The Labute approximate surface area is 231 Å². The van der Waals surface area contributed by atoms with Crippen LogP contribution in [-0.2, 0) is 14.0 Å². The second kappa shape index (κ2) is 13.2. The van der Waals surface area contributed by atoms with Crippen molar-refractivity contribution in [3.63, 3.8) is 0 Å². The molecule has 208 valence electrons. The molecule has 1 fully saturated rings. The van der Waals surface area contributed by atoms with Gasteiger partial charge in [-0.05, 0) is 52.4 Å². The SMILES string of the molecule is C=C[C@H](CCO[Si](c1ccccc1)(c1ccccc1)C(C)(C)C)[C@H](O)C(=O)O[C@@H]1C[C@H](C)CC[C@H]1C(C)C. The fourth-order valence-corrected chi connectivity index (χ4v) is 10.7. The van der Waals surface area contributed by atoms with Gasteiger partial charge >= 0.3 is 5.97 Å². The lowest BCUT2D eigenvalue weighted by Gasteiger charge is -2.43. The van der Waals surface area contributed by atoms with Crippen molar-refractivity contribution < 1.29 is 19.1 Å². The zero-order chi connectivity index (χ0) is 27.9. The maximum Gasteiger partial charge on any atom is 0.335 e. The number of hydrogen-bond acceptors (Lipinski definition) is 4. The van der Waals surface area contributed by atoms with Crippen LogP contribution < -0.4 is 10.4 Å². The van der Waals surface area contributed by atoms with E-state index in [1.165, 1.54) is 10.4 Å². The molecule has 0 unspecified atom stereocenters. The normalized spacial score (nSPS) is 22.1. The first-order chi connectivity index (χ1) is 18.0. The molecule has 0 aliphatic heterocycles. The first-order valence-electron chi connectivity index (χ1n) is 14.3. The molecule has 0 bridgehead atoms. The van der Waals surface area contributed by atoms with Crippen molar-refractivity contribution in [2.45, 2.75) is 84.5 Å². The van der Waals surface area contributed by atoms with Crippen molar-refractivity contribution in [3.05, 3.63) is 73.3 Å². The maximum absolute atomic E-state index is 13.1. The Balaban J connectivity index is 1.76. The Kier molecular flexibility index (Phi) is 10.6. The molecule has 1 N–H and O–H groups in total. The number of esters is 1. The number of ether oxygens (including phenoxy) is 1. The van der Waals surface area contributed by atoms with Crippen LogP contribution in [0.4, 0.5) is 0 Å².